The van der Waals surface area contributed by atoms with E-state index in [9.17, 15) is 4.79 Å². The van der Waals surface area contributed by atoms with Crippen LogP contribution in [0.3, 0.4) is 0 Å². The summed E-state index contributed by atoms with van der Waals surface area (Å²) in [5.41, 5.74) is 8.15. The minimum atomic E-state index is 0.0678. The molecule has 2 N–H and O–H groups in total. The molecule has 0 fully saturated rings. The van der Waals surface area contributed by atoms with Gasteiger partial charge in [-0.15, -0.1) is 0 Å². The van der Waals surface area contributed by atoms with Gasteiger partial charge in [0.05, 0.1) is 0 Å². The molecule has 0 aliphatic heterocycles. The second-order valence-electron chi connectivity index (χ2n) is 4.53. The van der Waals surface area contributed by atoms with Crippen LogP contribution in [0.5, 0.6) is 0 Å². The van der Waals surface area contributed by atoms with Gasteiger partial charge in [0.2, 0.25) is 0 Å². The Balaban J connectivity index is 2.24. The molecule has 0 unspecified atom stereocenters. The van der Waals surface area contributed by atoms with Crippen molar-refractivity contribution < 1.29 is 4.79 Å². The number of rotatable bonds is 5. The standard InChI is InChI=1S/C16H15BrClNO/c17-13-6-5-12(15(18)10-13)9-16(20)14-4-2-1-3-11(14)7-8-19/h1-6,10H,7-9,19H2. The third-order valence-electron chi connectivity index (χ3n) is 3.10. The molecular formula is C16H15BrClNO. The lowest BCUT2D eigenvalue weighted by Crippen LogP contribution is -2.11. The molecule has 0 heterocycles. The van der Waals surface area contributed by atoms with Crippen molar-refractivity contribution in [1.82, 2.24) is 0 Å². The van der Waals surface area contributed by atoms with Crippen molar-refractivity contribution in [3.63, 3.8) is 0 Å². The van der Waals surface area contributed by atoms with Crippen LogP contribution >= 0.6 is 27.5 Å². The highest BCUT2D eigenvalue weighted by Crippen LogP contribution is 2.23. The van der Waals surface area contributed by atoms with Crippen molar-refractivity contribution in [2.75, 3.05) is 6.54 Å². The van der Waals surface area contributed by atoms with Gasteiger partial charge in [-0.05, 0) is 36.2 Å². The summed E-state index contributed by atoms with van der Waals surface area (Å²) in [7, 11) is 0. The minimum Gasteiger partial charge on any atom is -0.330 e. The Labute approximate surface area is 132 Å². The highest BCUT2D eigenvalue weighted by atomic mass is 79.9. The second-order valence-corrected chi connectivity index (χ2v) is 5.85. The molecule has 2 aromatic carbocycles. The lowest BCUT2D eigenvalue weighted by molar-refractivity contribution is 0.0992. The van der Waals surface area contributed by atoms with Crippen molar-refractivity contribution >= 4 is 33.3 Å². The van der Waals surface area contributed by atoms with Gasteiger partial charge >= 0.3 is 0 Å². The topological polar surface area (TPSA) is 43.1 Å². The fraction of sp³-hybridized carbons (Fsp3) is 0.188. The van der Waals surface area contributed by atoms with Gasteiger partial charge in [0, 0.05) is 21.5 Å². The van der Waals surface area contributed by atoms with Gasteiger partial charge in [-0.3, -0.25) is 4.79 Å². The molecule has 0 aromatic heterocycles. The molecule has 20 heavy (non-hydrogen) atoms. The Hall–Kier alpha value is -1.16. The summed E-state index contributed by atoms with van der Waals surface area (Å²) < 4.78 is 0.905. The van der Waals surface area contributed by atoms with E-state index in [1.807, 2.05) is 36.4 Å². The van der Waals surface area contributed by atoms with Gasteiger partial charge < -0.3 is 5.73 Å². The summed E-state index contributed by atoms with van der Waals surface area (Å²) in [4.78, 5) is 12.4. The van der Waals surface area contributed by atoms with E-state index in [1.165, 1.54) is 0 Å². The molecule has 0 saturated carbocycles. The first-order valence-corrected chi connectivity index (χ1v) is 7.54. The van der Waals surface area contributed by atoms with Crippen molar-refractivity contribution in [3.8, 4) is 0 Å². The zero-order chi connectivity index (χ0) is 14.5. The van der Waals surface area contributed by atoms with Crippen LogP contribution < -0.4 is 5.73 Å². The van der Waals surface area contributed by atoms with Crippen LogP contribution in [0.15, 0.2) is 46.9 Å². The average molecular weight is 353 g/mol. The second kappa shape index (κ2) is 7.02. The van der Waals surface area contributed by atoms with Crippen molar-refractivity contribution in [2.45, 2.75) is 12.8 Å². The molecule has 0 bridgehead atoms. The first-order chi connectivity index (χ1) is 9.61. The van der Waals surface area contributed by atoms with E-state index in [0.29, 0.717) is 24.4 Å². The Morgan fingerprint density at radius 2 is 1.90 bits per heavy atom. The van der Waals surface area contributed by atoms with Crippen molar-refractivity contribution in [2.24, 2.45) is 5.73 Å². The molecule has 0 atom stereocenters. The van der Waals surface area contributed by atoms with Crippen LogP contribution in [0.25, 0.3) is 0 Å². The van der Waals surface area contributed by atoms with Gasteiger partial charge in [-0.2, -0.15) is 0 Å². The molecule has 0 amide bonds. The van der Waals surface area contributed by atoms with Gasteiger partial charge in [0.25, 0.3) is 0 Å². The third-order valence-corrected chi connectivity index (χ3v) is 3.94. The number of halogens is 2. The Bertz CT molecular complexity index is 628. The van der Waals surface area contributed by atoms with Crippen LogP contribution in [0, 0.1) is 0 Å². The van der Waals surface area contributed by atoms with Gasteiger partial charge in [0.1, 0.15) is 0 Å². The Kier molecular flexibility index (Phi) is 5.35. The lowest BCUT2D eigenvalue weighted by atomic mass is 9.97. The van der Waals surface area contributed by atoms with E-state index >= 15 is 0 Å². The van der Waals surface area contributed by atoms with E-state index in [2.05, 4.69) is 15.9 Å². The van der Waals surface area contributed by atoms with Crippen LogP contribution in [-0.2, 0) is 12.8 Å². The van der Waals surface area contributed by atoms with E-state index in [-0.39, 0.29) is 5.78 Å². The van der Waals surface area contributed by atoms with E-state index in [4.69, 9.17) is 17.3 Å². The van der Waals surface area contributed by atoms with E-state index in [0.717, 1.165) is 21.2 Å². The SMILES string of the molecule is NCCc1ccccc1C(=O)Cc1ccc(Br)cc1Cl. The van der Waals surface area contributed by atoms with E-state index < -0.39 is 0 Å². The molecule has 2 nitrogen and oxygen atoms in total. The van der Waals surface area contributed by atoms with Gasteiger partial charge in [-0.25, -0.2) is 0 Å². The molecule has 2 rings (SSSR count). The molecule has 104 valence electrons. The van der Waals surface area contributed by atoms with Crippen LogP contribution in [0.2, 0.25) is 5.02 Å². The fourth-order valence-corrected chi connectivity index (χ4v) is 2.84. The predicted molar refractivity (Wildman–Crippen MR) is 86.4 cm³/mol. The zero-order valence-electron chi connectivity index (χ0n) is 10.9. The third kappa shape index (κ3) is 3.69. The first kappa shape index (κ1) is 15.2. The molecular weight excluding hydrogens is 338 g/mol. The lowest BCUT2D eigenvalue weighted by Gasteiger charge is -2.09. The maximum Gasteiger partial charge on any atom is 0.167 e. The Morgan fingerprint density at radius 3 is 2.60 bits per heavy atom. The average Bonchev–Trinajstić information content (AvgIpc) is 2.43. The quantitative estimate of drug-likeness (QED) is 0.826. The number of benzene rings is 2. The van der Waals surface area contributed by atoms with Gasteiger partial charge in [0.15, 0.2) is 5.78 Å². The molecule has 0 saturated heterocycles. The van der Waals surface area contributed by atoms with Crippen molar-refractivity contribution in [3.05, 3.63) is 68.7 Å². The molecule has 0 spiro atoms. The number of Topliss-reactive ketones (excluding diaryl/α,β-unsaturated/α-hetero) is 1. The minimum absolute atomic E-state index is 0.0678. The summed E-state index contributed by atoms with van der Waals surface area (Å²) in [5.74, 6) is 0.0678. The normalized spacial score (nSPS) is 10.6. The largest absolute Gasteiger partial charge is 0.330 e. The summed E-state index contributed by atoms with van der Waals surface area (Å²) in [6.45, 7) is 0.531. The number of carbonyl (C=O) groups excluding carboxylic acids is 1. The van der Waals surface area contributed by atoms with Crippen LogP contribution in [0.4, 0.5) is 0 Å². The number of ketones is 1. The molecule has 0 aliphatic carbocycles. The summed E-state index contributed by atoms with van der Waals surface area (Å²) in [5, 5.41) is 0.601. The summed E-state index contributed by atoms with van der Waals surface area (Å²) in [6.07, 6.45) is 1.00. The zero-order valence-corrected chi connectivity index (χ0v) is 13.2. The number of hydrogen-bond donors (Lipinski definition) is 1. The first-order valence-electron chi connectivity index (χ1n) is 6.37. The fourth-order valence-electron chi connectivity index (χ4n) is 2.10. The number of carbonyl (C=O) groups is 1. The monoisotopic (exact) mass is 351 g/mol. The highest BCUT2D eigenvalue weighted by molar-refractivity contribution is 9.10. The number of hydrogen-bond acceptors (Lipinski definition) is 2. The highest BCUT2D eigenvalue weighted by Gasteiger charge is 2.13. The van der Waals surface area contributed by atoms with Crippen molar-refractivity contribution in [1.29, 1.82) is 0 Å². The smallest absolute Gasteiger partial charge is 0.167 e. The van der Waals surface area contributed by atoms with Gasteiger partial charge in [-0.1, -0.05) is 57.9 Å². The maximum absolute atomic E-state index is 12.4. The molecule has 0 radical (unpaired) electrons. The summed E-state index contributed by atoms with van der Waals surface area (Å²) >= 11 is 9.52. The Morgan fingerprint density at radius 1 is 1.15 bits per heavy atom. The molecule has 4 heteroatoms. The molecule has 2 aromatic rings. The maximum atomic E-state index is 12.4. The van der Waals surface area contributed by atoms with E-state index in [1.54, 1.807) is 6.07 Å². The van der Waals surface area contributed by atoms with Crippen LogP contribution in [0.1, 0.15) is 21.5 Å². The van der Waals surface area contributed by atoms with Crippen LogP contribution in [-0.4, -0.2) is 12.3 Å². The summed E-state index contributed by atoms with van der Waals surface area (Å²) in [6, 6.07) is 13.2. The molecule has 0 aliphatic rings. The number of nitrogens with two attached hydrogens (primary N) is 1. The predicted octanol–water partition coefficient (Wildman–Crippen LogP) is 4.03.